The summed E-state index contributed by atoms with van der Waals surface area (Å²) in [5.41, 5.74) is -1.49. The van der Waals surface area contributed by atoms with Crippen molar-refractivity contribution >= 4 is 11.5 Å². The number of aromatic nitrogens is 2. The lowest BCUT2D eigenvalue weighted by molar-refractivity contribution is -0.384. The Morgan fingerprint density at radius 3 is 2.28 bits per heavy atom. The third-order valence-electron chi connectivity index (χ3n) is 2.66. The number of aryl methyl sites for hydroxylation is 2. The third-order valence-corrected chi connectivity index (χ3v) is 2.66. The van der Waals surface area contributed by atoms with E-state index in [0.717, 1.165) is 0 Å². The Morgan fingerprint density at radius 2 is 1.89 bits per heavy atom. The quantitative estimate of drug-likeness (QED) is 0.371. The van der Waals surface area contributed by atoms with Crippen molar-refractivity contribution in [1.29, 1.82) is 0 Å². The molecule has 0 unspecified atom stereocenters. The molecule has 1 aromatic heterocycles. The molecule has 1 heterocycles. The minimum Gasteiger partial charge on any atom is -0.394 e. The first-order chi connectivity index (χ1) is 8.40. The molecule has 102 valence electrons. The molecule has 0 aromatic carbocycles. The highest BCUT2D eigenvalue weighted by molar-refractivity contribution is 5.60. The molecule has 18 heavy (non-hydrogen) atoms. The van der Waals surface area contributed by atoms with Crippen LogP contribution in [0, 0.1) is 17.0 Å². The topological polar surface area (TPSA) is 134 Å². The van der Waals surface area contributed by atoms with Crippen LogP contribution in [0.1, 0.15) is 5.69 Å². The van der Waals surface area contributed by atoms with Gasteiger partial charge in [0.25, 0.3) is 0 Å². The Balaban J connectivity index is 3.21. The van der Waals surface area contributed by atoms with Crippen LogP contribution in [0.25, 0.3) is 0 Å². The van der Waals surface area contributed by atoms with Crippen LogP contribution in [-0.2, 0) is 7.05 Å². The van der Waals surface area contributed by atoms with Crippen LogP contribution in [0.2, 0.25) is 0 Å². The molecule has 9 nitrogen and oxygen atoms in total. The highest BCUT2D eigenvalue weighted by Crippen LogP contribution is 2.29. The molecule has 4 N–H and O–H groups in total. The molecule has 0 atom stereocenters. The molecule has 0 aliphatic rings. The minimum absolute atomic E-state index is 0.0228. The van der Waals surface area contributed by atoms with E-state index in [4.69, 9.17) is 0 Å². The second-order valence-corrected chi connectivity index (χ2v) is 4.04. The summed E-state index contributed by atoms with van der Waals surface area (Å²) in [6, 6.07) is 0. The number of nitrogens with one attached hydrogen (secondary N) is 1. The maximum absolute atomic E-state index is 10.9. The number of rotatable bonds is 6. The molecule has 1 aromatic rings. The summed E-state index contributed by atoms with van der Waals surface area (Å²) in [5.74, 6) is 0.0228. The summed E-state index contributed by atoms with van der Waals surface area (Å²) in [5, 5.41) is 45.0. The first kappa shape index (κ1) is 14.4. The lowest BCUT2D eigenvalue weighted by atomic mass is 10.0. The van der Waals surface area contributed by atoms with E-state index in [1.54, 1.807) is 0 Å². The normalized spacial score (nSPS) is 11.6. The Labute approximate surface area is 103 Å². The molecule has 0 aliphatic heterocycles. The number of nitro groups is 1. The standard InChI is InChI=1S/C9H16N4O5/c1-6-7(13(17)18)8(12(2)11-6)10-9(3-14,4-15)5-16/h10,14-16H,3-5H2,1-2H3. The van der Waals surface area contributed by atoms with Gasteiger partial charge >= 0.3 is 5.69 Å². The Hall–Kier alpha value is -1.71. The highest BCUT2D eigenvalue weighted by atomic mass is 16.6. The molecule has 0 fully saturated rings. The van der Waals surface area contributed by atoms with Gasteiger partial charge in [-0.2, -0.15) is 5.10 Å². The van der Waals surface area contributed by atoms with Crippen molar-refractivity contribution in [2.75, 3.05) is 25.1 Å². The molecule has 0 radical (unpaired) electrons. The van der Waals surface area contributed by atoms with Crippen molar-refractivity contribution in [2.24, 2.45) is 7.05 Å². The van der Waals surface area contributed by atoms with Gasteiger partial charge in [-0.15, -0.1) is 0 Å². The maximum Gasteiger partial charge on any atom is 0.333 e. The zero-order valence-electron chi connectivity index (χ0n) is 10.1. The van der Waals surface area contributed by atoms with Crippen molar-refractivity contribution in [1.82, 2.24) is 9.78 Å². The lowest BCUT2D eigenvalue weighted by Gasteiger charge is -2.29. The largest absolute Gasteiger partial charge is 0.394 e. The fourth-order valence-corrected chi connectivity index (χ4v) is 1.53. The van der Waals surface area contributed by atoms with Crippen molar-refractivity contribution < 1.29 is 20.2 Å². The van der Waals surface area contributed by atoms with Crippen molar-refractivity contribution in [3.05, 3.63) is 15.8 Å². The average molecular weight is 260 g/mol. The van der Waals surface area contributed by atoms with Gasteiger partial charge in [0.2, 0.25) is 5.82 Å². The van der Waals surface area contributed by atoms with Crippen molar-refractivity contribution in [3.8, 4) is 0 Å². The van der Waals surface area contributed by atoms with Gasteiger partial charge in [-0.25, -0.2) is 4.68 Å². The predicted molar refractivity (Wildman–Crippen MR) is 62.2 cm³/mol. The summed E-state index contributed by atoms with van der Waals surface area (Å²) in [6.07, 6.45) is 0. The number of aliphatic hydroxyl groups is 3. The summed E-state index contributed by atoms with van der Waals surface area (Å²) in [4.78, 5) is 10.3. The van der Waals surface area contributed by atoms with Crippen LogP contribution in [0.5, 0.6) is 0 Å². The third kappa shape index (κ3) is 2.42. The molecule has 0 spiro atoms. The summed E-state index contributed by atoms with van der Waals surface area (Å²) in [6.45, 7) is -0.272. The van der Waals surface area contributed by atoms with Crippen LogP contribution in [0.4, 0.5) is 11.5 Å². The van der Waals surface area contributed by atoms with E-state index >= 15 is 0 Å². The SMILES string of the molecule is Cc1nn(C)c(NC(CO)(CO)CO)c1[N+](=O)[O-]. The Morgan fingerprint density at radius 1 is 1.39 bits per heavy atom. The molecule has 0 amide bonds. The molecule has 0 bridgehead atoms. The molecular formula is C9H16N4O5. The molecular weight excluding hydrogens is 244 g/mol. The number of anilines is 1. The summed E-state index contributed by atoms with van der Waals surface area (Å²) >= 11 is 0. The predicted octanol–water partition coefficient (Wildman–Crippen LogP) is -1.24. The lowest BCUT2D eigenvalue weighted by Crippen LogP contribution is -2.49. The fourth-order valence-electron chi connectivity index (χ4n) is 1.53. The van der Waals surface area contributed by atoms with Gasteiger partial charge in [-0.1, -0.05) is 0 Å². The summed E-state index contributed by atoms with van der Waals surface area (Å²) in [7, 11) is 1.49. The second-order valence-electron chi connectivity index (χ2n) is 4.04. The van der Waals surface area contributed by atoms with E-state index in [-0.39, 0.29) is 17.2 Å². The highest BCUT2D eigenvalue weighted by Gasteiger charge is 2.34. The molecule has 1 rings (SSSR count). The van der Waals surface area contributed by atoms with Crippen LogP contribution < -0.4 is 5.32 Å². The smallest absolute Gasteiger partial charge is 0.333 e. The van der Waals surface area contributed by atoms with E-state index in [9.17, 15) is 25.4 Å². The van der Waals surface area contributed by atoms with E-state index in [0.29, 0.717) is 0 Å². The minimum atomic E-state index is -1.44. The monoisotopic (exact) mass is 260 g/mol. The molecule has 0 saturated carbocycles. The second kappa shape index (κ2) is 5.29. The first-order valence-corrected chi connectivity index (χ1v) is 5.19. The average Bonchev–Trinajstić information content (AvgIpc) is 2.61. The molecule has 0 saturated heterocycles. The van der Waals surface area contributed by atoms with Crippen LogP contribution in [-0.4, -0.2) is 55.4 Å². The van der Waals surface area contributed by atoms with Gasteiger partial charge < -0.3 is 20.6 Å². The fraction of sp³-hybridized carbons (Fsp3) is 0.667. The van der Waals surface area contributed by atoms with Crippen molar-refractivity contribution in [2.45, 2.75) is 12.5 Å². The van der Waals surface area contributed by atoms with Gasteiger partial charge in [0, 0.05) is 7.05 Å². The van der Waals surface area contributed by atoms with Gasteiger partial charge in [0.1, 0.15) is 11.2 Å². The summed E-state index contributed by atoms with van der Waals surface area (Å²) < 4.78 is 1.23. The van der Waals surface area contributed by atoms with Gasteiger partial charge in [-0.3, -0.25) is 10.1 Å². The maximum atomic E-state index is 10.9. The zero-order valence-corrected chi connectivity index (χ0v) is 10.1. The van der Waals surface area contributed by atoms with Gasteiger partial charge in [0.05, 0.1) is 24.7 Å². The van der Waals surface area contributed by atoms with E-state index in [2.05, 4.69) is 10.4 Å². The van der Waals surface area contributed by atoms with E-state index < -0.39 is 30.3 Å². The van der Waals surface area contributed by atoms with Gasteiger partial charge in [0.15, 0.2) is 0 Å². The van der Waals surface area contributed by atoms with Crippen LogP contribution in [0.3, 0.4) is 0 Å². The number of aliphatic hydroxyl groups excluding tert-OH is 3. The van der Waals surface area contributed by atoms with Crippen molar-refractivity contribution in [3.63, 3.8) is 0 Å². The van der Waals surface area contributed by atoms with Crippen LogP contribution >= 0.6 is 0 Å². The number of nitrogens with zero attached hydrogens (tertiary/aromatic N) is 3. The number of hydrogen-bond acceptors (Lipinski definition) is 7. The Kier molecular flexibility index (Phi) is 4.22. The first-order valence-electron chi connectivity index (χ1n) is 5.19. The van der Waals surface area contributed by atoms with E-state index in [1.807, 2.05) is 0 Å². The molecule has 0 aliphatic carbocycles. The number of hydrogen-bond donors (Lipinski definition) is 4. The molecule has 9 heteroatoms. The van der Waals surface area contributed by atoms with Gasteiger partial charge in [-0.05, 0) is 6.92 Å². The Bertz CT molecular complexity index is 432. The van der Waals surface area contributed by atoms with E-state index in [1.165, 1.54) is 18.7 Å². The van der Waals surface area contributed by atoms with Crippen LogP contribution in [0.15, 0.2) is 0 Å². The zero-order chi connectivity index (χ0) is 13.9.